The maximum atomic E-state index is 12.9. The first-order chi connectivity index (χ1) is 10.6. The first-order valence-electron chi connectivity index (χ1n) is 8.19. The second-order valence-corrected chi connectivity index (χ2v) is 6.37. The first kappa shape index (κ1) is 15.5. The standard InChI is InChI=1S/C16H26N4O2/c1-12-15(13(2)18(3)17-12)16(21)20-7-4-6-19(8-9-20)14-5-10-22-11-14/h14H,4-11H2,1-3H3. The van der Waals surface area contributed by atoms with Gasteiger partial charge in [0.15, 0.2) is 0 Å². The van der Waals surface area contributed by atoms with Crippen LogP contribution in [0.3, 0.4) is 0 Å². The van der Waals surface area contributed by atoms with Gasteiger partial charge in [-0.15, -0.1) is 0 Å². The quantitative estimate of drug-likeness (QED) is 0.817. The summed E-state index contributed by atoms with van der Waals surface area (Å²) in [7, 11) is 1.89. The fourth-order valence-corrected chi connectivity index (χ4v) is 3.56. The van der Waals surface area contributed by atoms with Gasteiger partial charge in [0.1, 0.15) is 0 Å². The van der Waals surface area contributed by atoms with Crippen LogP contribution in [0.5, 0.6) is 0 Å². The minimum Gasteiger partial charge on any atom is -0.380 e. The van der Waals surface area contributed by atoms with Crippen molar-refractivity contribution in [3.05, 3.63) is 17.0 Å². The molecular weight excluding hydrogens is 280 g/mol. The summed E-state index contributed by atoms with van der Waals surface area (Å²) in [5.74, 6) is 0.132. The molecule has 22 heavy (non-hydrogen) atoms. The van der Waals surface area contributed by atoms with Crippen LogP contribution in [0.15, 0.2) is 0 Å². The average Bonchev–Trinajstić information content (AvgIpc) is 3.01. The van der Waals surface area contributed by atoms with Gasteiger partial charge in [-0.1, -0.05) is 0 Å². The van der Waals surface area contributed by atoms with Crippen LogP contribution in [0.2, 0.25) is 0 Å². The molecule has 3 rings (SSSR count). The van der Waals surface area contributed by atoms with Gasteiger partial charge < -0.3 is 9.64 Å². The van der Waals surface area contributed by atoms with Crippen LogP contribution in [0.25, 0.3) is 0 Å². The summed E-state index contributed by atoms with van der Waals surface area (Å²) in [5, 5.41) is 4.37. The number of nitrogens with zero attached hydrogens (tertiary/aromatic N) is 4. The van der Waals surface area contributed by atoms with E-state index in [2.05, 4.69) is 10.00 Å². The Kier molecular flexibility index (Phi) is 4.49. The van der Waals surface area contributed by atoms with Gasteiger partial charge in [0.2, 0.25) is 0 Å². The molecule has 0 saturated carbocycles. The monoisotopic (exact) mass is 306 g/mol. The van der Waals surface area contributed by atoms with Gasteiger partial charge in [-0.25, -0.2) is 0 Å². The summed E-state index contributed by atoms with van der Waals surface area (Å²) in [6.45, 7) is 9.22. The number of rotatable bonds is 2. The molecule has 2 aliphatic heterocycles. The smallest absolute Gasteiger partial charge is 0.257 e. The second kappa shape index (κ2) is 6.38. The van der Waals surface area contributed by atoms with Gasteiger partial charge in [0, 0.05) is 51.6 Å². The third kappa shape index (κ3) is 2.90. The van der Waals surface area contributed by atoms with Crippen molar-refractivity contribution in [2.45, 2.75) is 32.7 Å². The molecule has 0 aliphatic carbocycles. The lowest BCUT2D eigenvalue weighted by Crippen LogP contribution is -2.40. The van der Waals surface area contributed by atoms with Crippen LogP contribution in [0.4, 0.5) is 0 Å². The van der Waals surface area contributed by atoms with Crippen molar-refractivity contribution in [3.63, 3.8) is 0 Å². The maximum Gasteiger partial charge on any atom is 0.257 e. The SMILES string of the molecule is Cc1nn(C)c(C)c1C(=O)N1CCCN(C2CCOC2)CC1. The molecule has 0 bridgehead atoms. The summed E-state index contributed by atoms with van der Waals surface area (Å²) in [6, 6.07) is 0.539. The van der Waals surface area contributed by atoms with E-state index in [-0.39, 0.29) is 5.91 Å². The van der Waals surface area contributed by atoms with Crippen LogP contribution < -0.4 is 0 Å². The Morgan fingerprint density at radius 3 is 2.68 bits per heavy atom. The van der Waals surface area contributed by atoms with E-state index in [9.17, 15) is 4.79 Å². The molecule has 1 unspecified atom stereocenters. The zero-order chi connectivity index (χ0) is 15.7. The highest BCUT2D eigenvalue weighted by molar-refractivity contribution is 5.96. The summed E-state index contributed by atoms with van der Waals surface area (Å²) in [6.07, 6.45) is 2.15. The van der Waals surface area contributed by atoms with Gasteiger partial charge in [-0.05, 0) is 26.7 Å². The fourth-order valence-electron chi connectivity index (χ4n) is 3.56. The lowest BCUT2D eigenvalue weighted by molar-refractivity contribution is 0.0755. The predicted octanol–water partition coefficient (Wildman–Crippen LogP) is 0.974. The van der Waals surface area contributed by atoms with E-state index in [1.54, 1.807) is 4.68 Å². The Bertz CT molecular complexity index is 549. The van der Waals surface area contributed by atoms with E-state index in [4.69, 9.17) is 4.74 Å². The highest BCUT2D eigenvalue weighted by Crippen LogP contribution is 2.18. The van der Waals surface area contributed by atoms with Crippen molar-refractivity contribution in [1.29, 1.82) is 0 Å². The molecule has 3 heterocycles. The van der Waals surface area contributed by atoms with Crippen molar-refractivity contribution in [1.82, 2.24) is 19.6 Å². The summed E-state index contributed by atoms with van der Waals surface area (Å²) >= 11 is 0. The van der Waals surface area contributed by atoms with Gasteiger partial charge >= 0.3 is 0 Å². The highest BCUT2D eigenvalue weighted by atomic mass is 16.5. The predicted molar refractivity (Wildman–Crippen MR) is 84.0 cm³/mol. The highest BCUT2D eigenvalue weighted by Gasteiger charge is 2.28. The van der Waals surface area contributed by atoms with E-state index >= 15 is 0 Å². The molecule has 6 heteroatoms. The van der Waals surface area contributed by atoms with Crippen LogP contribution in [0, 0.1) is 13.8 Å². The van der Waals surface area contributed by atoms with E-state index in [1.807, 2.05) is 25.8 Å². The zero-order valence-electron chi connectivity index (χ0n) is 13.8. The van der Waals surface area contributed by atoms with E-state index in [0.29, 0.717) is 6.04 Å². The molecule has 0 N–H and O–H groups in total. The Hall–Kier alpha value is -1.40. The molecule has 1 atom stereocenters. The largest absolute Gasteiger partial charge is 0.380 e. The van der Waals surface area contributed by atoms with Crippen LogP contribution in [-0.4, -0.2) is 70.9 Å². The van der Waals surface area contributed by atoms with Gasteiger partial charge in [-0.3, -0.25) is 14.4 Å². The molecule has 0 spiro atoms. The van der Waals surface area contributed by atoms with Crippen molar-refractivity contribution in [3.8, 4) is 0 Å². The summed E-state index contributed by atoms with van der Waals surface area (Å²) < 4.78 is 7.29. The third-order valence-electron chi connectivity index (χ3n) is 4.96. The number of aromatic nitrogens is 2. The molecule has 2 saturated heterocycles. The lowest BCUT2D eigenvalue weighted by atomic mass is 10.1. The van der Waals surface area contributed by atoms with Crippen molar-refractivity contribution in [2.24, 2.45) is 7.05 Å². The van der Waals surface area contributed by atoms with Gasteiger partial charge in [-0.2, -0.15) is 5.10 Å². The number of amides is 1. The fraction of sp³-hybridized carbons (Fsp3) is 0.750. The molecule has 2 fully saturated rings. The first-order valence-corrected chi connectivity index (χ1v) is 8.19. The molecule has 0 radical (unpaired) electrons. The number of aryl methyl sites for hydroxylation is 2. The molecular formula is C16H26N4O2. The van der Waals surface area contributed by atoms with Crippen molar-refractivity contribution in [2.75, 3.05) is 39.4 Å². The number of hydrogen-bond donors (Lipinski definition) is 0. The number of carbonyl (C=O) groups is 1. The van der Waals surface area contributed by atoms with E-state index < -0.39 is 0 Å². The number of carbonyl (C=O) groups excluding carboxylic acids is 1. The van der Waals surface area contributed by atoms with Gasteiger partial charge in [0.25, 0.3) is 5.91 Å². The molecule has 2 aliphatic rings. The number of ether oxygens (including phenoxy) is 1. The minimum atomic E-state index is 0.132. The Morgan fingerprint density at radius 1 is 1.23 bits per heavy atom. The Labute approximate surface area is 132 Å². The molecule has 0 aromatic carbocycles. The van der Waals surface area contributed by atoms with Crippen LogP contribution in [-0.2, 0) is 11.8 Å². The van der Waals surface area contributed by atoms with E-state index in [0.717, 1.165) is 69.2 Å². The summed E-state index contributed by atoms with van der Waals surface area (Å²) in [4.78, 5) is 17.3. The minimum absolute atomic E-state index is 0.132. The van der Waals surface area contributed by atoms with Crippen molar-refractivity contribution < 1.29 is 9.53 Å². The number of hydrogen-bond acceptors (Lipinski definition) is 4. The average molecular weight is 306 g/mol. The molecule has 6 nitrogen and oxygen atoms in total. The second-order valence-electron chi connectivity index (χ2n) is 6.37. The lowest BCUT2D eigenvalue weighted by Gasteiger charge is -2.26. The van der Waals surface area contributed by atoms with Crippen LogP contribution >= 0.6 is 0 Å². The third-order valence-corrected chi connectivity index (χ3v) is 4.96. The van der Waals surface area contributed by atoms with Crippen molar-refractivity contribution >= 4 is 5.91 Å². The molecule has 1 aromatic rings. The Morgan fingerprint density at radius 2 is 2.05 bits per heavy atom. The molecule has 122 valence electrons. The topological polar surface area (TPSA) is 50.6 Å². The maximum absolute atomic E-state index is 12.9. The molecule has 1 amide bonds. The van der Waals surface area contributed by atoms with Gasteiger partial charge in [0.05, 0.1) is 17.9 Å². The normalized spacial score (nSPS) is 23.8. The summed E-state index contributed by atoms with van der Waals surface area (Å²) in [5.41, 5.74) is 2.56. The van der Waals surface area contributed by atoms with E-state index in [1.165, 1.54) is 0 Å². The zero-order valence-corrected chi connectivity index (χ0v) is 13.8. The Balaban J connectivity index is 1.68. The molecule has 1 aromatic heterocycles. The van der Waals surface area contributed by atoms with Crippen LogP contribution in [0.1, 0.15) is 34.6 Å².